The van der Waals surface area contributed by atoms with Crippen LogP contribution in [0.2, 0.25) is 5.02 Å². The first-order chi connectivity index (χ1) is 11.5. The molecule has 0 saturated carbocycles. The van der Waals surface area contributed by atoms with Crippen LogP contribution in [-0.2, 0) is 4.79 Å². The van der Waals surface area contributed by atoms with Crippen LogP contribution in [0.3, 0.4) is 0 Å². The fourth-order valence-electron chi connectivity index (χ4n) is 1.87. The fraction of sp³-hybridized carbons (Fsp3) is 0.235. The van der Waals surface area contributed by atoms with Crippen LogP contribution in [0.4, 0.5) is 11.5 Å². The van der Waals surface area contributed by atoms with Gasteiger partial charge in [-0.1, -0.05) is 23.7 Å². The van der Waals surface area contributed by atoms with Gasteiger partial charge in [0.2, 0.25) is 5.91 Å². The first kappa shape index (κ1) is 17.7. The summed E-state index contributed by atoms with van der Waals surface area (Å²) in [4.78, 5) is 13.7. The molecule has 0 aliphatic rings. The highest BCUT2D eigenvalue weighted by molar-refractivity contribution is 6.30. The molecule has 2 aromatic rings. The zero-order chi connectivity index (χ0) is 17.4. The van der Waals surface area contributed by atoms with E-state index in [1.54, 1.807) is 24.4 Å². The minimum absolute atomic E-state index is 0.153. The molecule has 24 heavy (non-hydrogen) atoms. The maximum Gasteiger partial charge on any atom is 0.244 e. The third kappa shape index (κ3) is 5.89. The maximum absolute atomic E-state index is 11.8. The molecule has 1 aromatic heterocycles. The van der Waals surface area contributed by atoms with E-state index in [0.29, 0.717) is 23.9 Å². The fourth-order valence-corrected chi connectivity index (χ4v) is 1.99. The highest BCUT2D eigenvalue weighted by Gasteiger charge is 2.00. The molecule has 0 fully saturated rings. The van der Waals surface area contributed by atoms with E-state index in [9.17, 15) is 4.79 Å². The zero-order valence-electron chi connectivity index (χ0n) is 13.7. The SMILES string of the molecule is CN(C)c1cnnc(NCCNC(=O)/C=C/c2ccc(Cl)cc2)c1. The van der Waals surface area contributed by atoms with Crippen molar-refractivity contribution in [2.45, 2.75) is 0 Å². The summed E-state index contributed by atoms with van der Waals surface area (Å²) in [6.45, 7) is 1.05. The van der Waals surface area contributed by atoms with Gasteiger partial charge in [0.05, 0.1) is 11.9 Å². The summed E-state index contributed by atoms with van der Waals surface area (Å²) >= 11 is 5.81. The van der Waals surface area contributed by atoms with Crippen molar-refractivity contribution in [2.24, 2.45) is 0 Å². The van der Waals surface area contributed by atoms with Gasteiger partial charge in [0.25, 0.3) is 0 Å². The van der Waals surface area contributed by atoms with Gasteiger partial charge in [0.1, 0.15) is 0 Å². The van der Waals surface area contributed by atoms with E-state index in [2.05, 4.69) is 20.8 Å². The van der Waals surface area contributed by atoms with Crippen molar-refractivity contribution in [3.05, 3.63) is 53.2 Å². The molecule has 0 spiro atoms. The molecule has 7 heteroatoms. The summed E-state index contributed by atoms with van der Waals surface area (Å²) in [7, 11) is 3.88. The van der Waals surface area contributed by atoms with Crippen LogP contribution in [0, 0.1) is 0 Å². The van der Waals surface area contributed by atoms with Crippen LogP contribution in [0.15, 0.2) is 42.6 Å². The zero-order valence-corrected chi connectivity index (χ0v) is 14.4. The first-order valence-corrected chi connectivity index (χ1v) is 7.88. The molecule has 1 aromatic carbocycles. The Morgan fingerprint density at radius 1 is 1.25 bits per heavy atom. The van der Waals surface area contributed by atoms with Gasteiger partial charge in [-0.15, -0.1) is 5.10 Å². The highest BCUT2D eigenvalue weighted by atomic mass is 35.5. The van der Waals surface area contributed by atoms with E-state index in [1.165, 1.54) is 6.08 Å². The predicted octanol–water partition coefficient (Wildman–Crippen LogP) is 2.44. The molecular formula is C17H20ClN5O. The second kappa shape index (κ2) is 8.88. The van der Waals surface area contributed by atoms with Gasteiger partial charge in [-0.25, -0.2) is 0 Å². The van der Waals surface area contributed by atoms with Crippen LogP contribution in [-0.4, -0.2) is 43.3 Å². The van der Waals surface area contributed by atoms with Crippen molar-refractivity contribution in [3.8, 4) is 0 Å². The van der Waals surface area contributed by atoms with Crippen molar-refractivity contribution in [3.63, 3.8) is 0 Å². The third-order valence-corrected chi connectivity index (χ3v) is 3.44. The Morgan fingerprint density at radius 3 is 2.71 bits per heavy atom. The third-order valence-electron chi connectivity index (χ3n) is 3.18. The van der Waals surface area contributed by atoms with Crippen molar-refractivity contribution in [1.82, 2.24) is 15.5 Å². The van der Waals surface area contributed by atoms with Crippen LogP contribution in [0.25, 0.3) is 6.08 Å². The molecular weight excluding hydrogens is 326 g/mol. The molecule has 0 atom stereocenters. The minimum atomic E-state index is -0.153. The van der Waals surface area contributed by atoms with Crippen molar-refractivity contribution >= 4 is 35.1 Å². The Hall–Kier alpha value is -2.60. The minimum Gasteiger partial charge on any atom is -0.376 e. The number of hydrogen-bond acceptors (Lipinski definition) is 5. The molecule has 2 N–H and O–H groups in total. The number of rotatable bonds is 7. The van der Waals surface area contributed by atoms with Gasteiger partial charge in [-0.2, -0.15) is 5.10 Å². The summed E-state index contributed by atoms with van der Waals surface area (Å²) in [5.74, 6) is 0.520. The molecule has 0 bridgehead atoms. The number of amides is 1. The largest absolute Gasteiger partial charge is 0.376 e. The summed E-state index contributed by atoms with van der Waals surface area (Å²) in [5.41, 5.74) is 1.88. The van der Waals surface area contributed by atoms with Crippen LogP contribution >= 0.6 is 11.6 Å². The van der Waals surface area contributed by atoms with Crippen molar-refractivity contribution < 1.29 is 4.79 Å². The molecule has 0 saturated heterocycles. The summed E-state index contributed by atoms with van der Waals surface area (Å²) < 4.78 is 0. The lowest BCUT2D eigenvalue weighted by molar-refractivity contribution is -0.116. The second-order valence-electron chi connectivity index (χ2n) is 5.30. The van der Waals surface area contributed by atoms with E-state index < -0.39 is 0 Å². The number of carbonyl (C=O) groups excluding carboxylic acids is 1. The Balaban J connectivity index is 1.73. The molecule has 0 aliphatic heterocycles. The second-order valence-corrected chi connectivity index (χ2v) is 5.73. The standard InChI is InChI=1S/C17H20ClN5O/c1-23(2)15-11-16(22-21-12-15)19-9-10-20-17(24)8-5-13-3-6-14(18)7-4-13/h3-8,11-12H,9-10H2,1-2H3,(H,19,22)(H,20,24)/b8-5+. The maximum atomic E-state index is 11.8. The van der Waals surface area contributed by atoms with E-state index in [0.717, 1.165) is 11.3 Å². The van der Waals surface area contributed by atoms with Gasteiger partial charge in [-0.3, -0.25) is 4.79 Å². The molecule has 0 aliphatic carbocycles. The van der Waals surface area contributed by atoms with Crippen LogP contribution in [0.1, 0.15) is 5.56 Å². The molecule has 126 valence electrons. The smallest absolute Gasteiger partial charge is 0.244 e. The Kier molecular flexibility index (Phi) is 6.57. The molecule has 2 rings (SSSR count). The quantitative estimate of drug-likeness (QED) is 0.596. The average molecular weight is 346 g/mol. The molecule has 0 radical (unpaired) electrons. The van der Waals surface area contributed by atoms with Gasteiger partial charge in [-0.05, 0) is 23.8 Å². The molecule has 1 amide bonds. The summed E-state index contributed by atoms with van der Waals surface area (Å²) in [5, 5.41) is 14.5. The van der Waals surface area contributed by atoms with Crippen molar-refractivity contribution in [2.75, 3.05) is 37.4 Å². The Labute approximate surface area is 146 Å². The number of nitrogens with one attached hydrogen (secondary N) is 2. The number of halogens is 1. The van der Waals surface area contributed by atoms with E-state index in [1.807, 2.05) is 37.2 Å². The van der Waals surface area contributed by atoms with Crippen molar-refractivity contribution in [1.29, 1.82) is 0 Å². The number of carbonyl (C=O) groups is 1. The lowest BCUT2D eigenvalue weighted by Gasteiger charge is -2.12. The lowest BCUT2D eigenvalue weighted by atomic mass is 10.2. The Morgan fingerprint density at radius 2 is 2.00 bits per heavy atom. The van der Waals surface area contributed by atoms with Gasteiger partial charge in [0, 0.05) is 44.3 Å². The first-order valence-electron chi connectivity index (χ1n) is 7.50. The lowest BCUT2D eigenvalue weighted by Crippen LogP contribution is -2.27. The van der Waals surface area contributed by atoms with Crippen LogP contribution < -0.4 is 15.5 Å². The number of nitrogens with zero attached hydrogens (tertiary/aromatic N) is 3. The normalized spacial score (nSPS) is 10.6. The van der Waals surface area contributed by atoms with Gasteiger partial charge in [0.15, 0.2) is 5.82 Å². The predicted molar refractivity (Wildman–Crippen MR) is 98.3 cm³/mol. The monoisotopic (exact) mass is 345 g/mol. The Bertz CT molecular complexity index is 700. The highest BCUT2D eigenvalue weighted by Crippen LogP contribution is 2.12. The van der Waals surface area contributed by atoms with E-state index in [-0.39, 0.29) is 5.91 Å². The van der Waals surface area contributed by atoms with E-state index >= 15 is 0 Å². The number of hydrogen-bond donors (Lipinski definition) is 2. The summed E-state index contributed by atoms with van der Waals surface area (Å²) in [6.07, 6.45) is 4.93. The van der Waals surface area contributed by atoms with Gasteiger partial charge >= 0.3 is 0 Å². The molecule has 0 unspecified atom stereocenters. The summed E-state index contributed by atoms with van der Waals surface area (Å²) in [6, 6.07) is 9.17. The van der Waals surface area contributed by atoms with Gasteiger partial charge < -0.3 is 15.5 Å². The average Bonchev–Trinajstić information content (AvgIpc) is 2.58. The number of benzene rings is 1. The number of anilines is 2. The topological polar surface area (TPSA) is 70.2 Å². The number of aromatic nitrogens is 2. The van der Waals surface area contributed by atoms with Crippen LogP contribution in [0.5, 0.6) is 0 Å². The van der Waals surface area contributed by atoms with E-state index in [4.69, 9.17) is 11.6 Å². The molecule has 1 heterocycles. The molecule has 6 nitrogen and oxygen atoms in total.